The summed E-state index contributed by atoms with van der Waals surface area (Å²) >= 11 is 0. The predicted molar refractivity (Wildman–Crippen MR) is 35.9 cm³/mol. The fourth-order valence-electron chi connectivity index (χ4n) is 0.537. The molecule has 5 heteroatoms. The summed E-state index contributed by atoms with van der Waals surface area (Å²) in [7, 11) is 2.88. The maximum absolute atomic E-state index is 10.3. The average Bonchev–Trinajstić information content (AvgIpc) is 1.79. The molecule has 2 unspecified atom stereocenters. The molecule has 0 aromatic heterocycles. The second kappa shape index (κ2) is 5.57. The minimum Gasteiger partial charge on any atom is -0.634 e. The summed E-state index contributed by atoms with van der Waals surface area (Å²) in [4.78, 5) is 4.60. The summed E-state index contributed by atoms with van der Waals surface area (Å²) in [6.07, 6.45) is 0.634. The number of quaternary nitrogens is 2. The van der Waals surface area contributed by atoms with Crippen molar-refractivity contribution >= 4 is 0 Å². The Kier molecular flexibility index (Phi) is 5.46. The van der Waals surface area contributed by atoms with Gasteiger partial charge >= 0.3 is 0 Å². The molecular weight excluding hydrogens is 136 g/mol. The molecule has 0 aliphatic rings. The zero-order valence-electron chi connectivity index (χ0n) is 6.35. The molecule has 0 saturated heterocycles. The van der Waals surface area contributed by atoms with Crippen LogP contribution in [-0.2, 0) is 4.84 Å². The summed E-state index contributed by atoms with van der Waals surface area (Å²) < 4.78 is 0. The predicted octanol–water partition coefficient (Wildman–Crippen LogP) is -2.67. The van der Waals surface area contributed by atoms with E-state index in [4.69, 9.17) is 0 Å². The lowest BCUT2D eigenvalue weighted by Gasteiger charge is -2.17. The Morgan fingerprint density at radius 1 is 1.30 bits per heavy atom. The minimum absolute atomic E-state index is 0.132. The molecule has 0 aromatic rings. The number of rotatable bonds is 5. The second-order valence-electron chi connectivity index (χ2n) is 2.15. The summed E-state index contributed by atoms with van der Waals surface area (Å²) in [5.41, 5.74) is 0. The van der Waals surface area contributed by atoms with Crippen LogP contribution in [0.15, 0.2) is 0 Å². The third-order valence-corrected chi connectivity index (χ3v) is 0.979. The molecule has 0 rings (SSSR count). The quantitative estimate of drug-likeness (QED) is 0.332. The van der Waals surface area contributed by atoms with Gasteiger partial charge in [0, 0.05) is 6.42 Å². The van der Waals surface area contributed by atoms with E-state index in [1.165, 1.54) is 14.1 Å². The van der Waals surface area contributed by atoms with E-state index in [0.29, 0.717) is 19.6 Å². The first kappa shape index (κ1) is 9.80. The van der Waals surface area contributed by atoms with Crippen molar-refractivity contribution in [3.05, 3.63) is 10.4 Å². The zero-order valence-corrected chi connectivity index (χ0v) is 6.35. The van der Waals surface area contributed by atoms with E-state index in [0.717, 1.165) is 0 Å². The lowest BCUT2D eigenvalue weighted by atomic mass is 10.4. The number of hydrogen-bond donors (Lipinski definition) is 2. The van der Waals surface area contributed by atoms with Crippen LogP contribution < -0.4 is 10.3 Å². The van der Waals surface area contributed by atoms with Crippen molar-refractivity contribution in [2.45, 2.75) is 6.42 Å². The van der Waals surface area contributed by atoms with Gasteiger partial charge in [-0.2, -0.15) is 0 Å². The van der Waals surface area contributed by atoms with Gasteiger partial charge in [0.05, 0.1) is 20.6 Å². The number of nitrogens with one attached hydrogen (secondary N) is 2. The van der Waals surface area contributed by atoms with Crippen LogP contribution >= 0.6 is 0 Å². The first-order valence-electron chi connectivity index (χ1n) is 3.25. The average molecular weight is 150 g/mol. The van der Waals surface area contributed by atoms with Crippen molar-refractivity contribution in [2.24, 2.45) is 0 Å². The van der Waals surface area contributed by atoms with Gasteiger partial charge in [-0.25, -0.2) is 10.1 Å². The first-order valence-corrected chi connectivity index (χ1v) is 3.25. The molecule has 0 amide bonds. The van der Waals surface area contributed by atoms with Gasteiger partial charge in [0.1, 0.15) is 6.61 Å². The Morgan fingerprint density at radius 3 is 2.30 bits per heavy atom. The fraction of sp³-hybridized carbons (Fsp3) is 1.00. The lowest BCUT2D eigenvalue weighted by molar-refractivity contribution is -1.04. The summed E-state index contributed by atoms with van der Waals surface area (Å²) in [6, 6.07) is 0. The Balaban J connectivity index is 2.91. The highest BCUT2D eigenvalue weighted by Crippen LogP contribution is 1.69. The second-order valence-corrected chi connectivity index (χ2v) is 2.15. The molecule has 10 heavy (non-hydrogen) atoms. The monoisotopic (exact) mass is 150 g/mol. The van der Waals surface area contributed by atoms with E-state index >= 15 is 0 Å². The zero-order chi connectivity index (χ0) is 7.98. The molecule has 0 aromatic carbocycles. The summed E-state index contributed by atoms with van der Waals surface area (Å²) in [5.74, 6) is 0. The molecule has 0 saturated carbocycles. The molecular formula is C5H14N2O3. The van der Waals surface area contributed by atoms with E-state index in [1.807, 2.05) is 0 Å². The number of hydroxylamine groups is 4. The number of hydrogen-bond acceptors (Lipinski definition) is 3. The fourth-order valence-corrected chi connectivity index (χ4v) is 0.537. The van der Waals surface area contributed by atoms with E-state index in [9.17, 15) is 10.4 Å². The maximum Gasteiger partial charge on any atom is 0.112 e. The van der Waals surface area contributed by atoms with E-state index in [1.54, 1.807) is 0 Å². The molecule has 0 heterocycles. The molecule has 0 fully saturated rings. The van der Waals surface area contributed by atoms with Crippen LogP contribution in [0.3, 0.4) is 0 Å². The topological polar surface area (TPSA) is 64.2 Å². The molecule has 2 N–H and O–H groups in total. The molecule has 5 nitrogen and oxygen atoms in total. The minimum atomic E-state index is -0.288. The highest BCUT2D eigenvalue weighted by atomic mass is 16.9. The van der Waals surface area contributed by atoms with Crippen molar-refractivity contribution in [3.63, 3.8) is 0 Å². The van der Waals surface area contributed by atoms with E-state index < -0.39 is 0 Å². The third-order valence-electron chi connectivity index (χ3n) is 0.979. The Bertz CT molecular complexity index is 67.3. The molecule has 0 aliphatic heterocycles. The summed E-state index contributed by atoms with van der Waals surface area (Å²) in [5, 5.41) is 20.4. The highest BCUT2D eigenvalue weighted by Gasteiger charge is 1.92. The van der Waals surface area contributed by atoms with Crippen molar-refractivity contribution in [1.82, 2.24) is 0 Å². The molecule has 62 valence electrons. The SMILES string of the molecule is C[NH+]([O-])CCCO[NH+](C)[O-]. The lowest BCUT2D eigenvalue weighted by Crippen LogP contribution is -3.04. The van der Waals surface area contributed by atoms with Crippen LogP contribution in [0.5, 0.6) is 0 Å². The maximum atomic E-state index is 10.3. The standard InChI is InChI=1S/C5H14N2O3/c1-6(8)4-3-5-10-7(2)9/h6-7H,3-5H2,1-2H3. The Hall–Kier alpha value is -0.200. The van der Waals surface area contributed by atoms with Crippen molar-refractivity contribution in [1.29, 1.82) is 0 Å². The van der Waals surface area contributed by atoms with Gasteiger partial charge in [0.15, 0.2) is 0 Å². The molecule has 0 aliphatic carbocycles. The highest BCUT2D eigenvalue weighted by molar-refractivity contribution is 4.27. The van der Waals surface area contributed by atoms with Crippen LogP contribution in [0.4, 0.5) is 0 Å². The van der Waals surface area contributed by atoms with Crippen LogP contribution in [0.1, 0.15) is 6.42 Å². The Morgan fingerprint density at radius 2 is 1.90 bits per heavy atom. The van der Waals surface area contributed by atoms with Crippen LogP contribution in [0, 0.1) is 10.4 Å². The van der Waals surface area contributed by atoms with Crippen LogP contribution in [0.25, 0.3) is 0 Å². The van der Waals surface area contributed by atoms with Crippen LogP contribution in [0.2, 0.25) is 0 Å². The van der Waals surface area contributed by atoms with Crippen LogP contribution in [-0.4, -0.2) is 27.2 Å². The van der Waals surface area contributed by atoms with Crippen molar-refractivity contribution in [2.75, 3.05) is 27.2 Å². The molecule has 0 spiro atoms. The smallest absolute Gasteiger partial charge is 0.112 e. The third kappa shape index (κ3) is 7.80. The molecule has 0 radical (unpaired) electrons. The van der Waals surface area contributed by atoms with E-state index in [-0.39, 0.29) is 10.3 Å². The van der Waals surface area contributed by atoms with Crippen molar-refractivity contribution in [3.8, 4) is 0 Å². The van der Waals surface area contributed by atoms with Gasteiger partial charge < -0.3 is 15.5 Å². The Labute approximate surface area is 60.3 Å². The molecule has 0 bridgehead atoms. The first-order chi connectivity index (χ1) is 4.63. The normalized spacial score (nSPS) is 16.8. The molecule has 2 atom stereocenters. The summed E-state index contributed by atoms with van der Waals surface area (Å²) in [6.45, 7) is 0.849. The van der Waals surface area contributed by atoms with Gasteiger partial charge in [0.25, 0.3) is 0 Å². The van der Waals surface area contributed by atoms with Gasteiger partial charge in [-0.3, -0.25) is 0 Å². The largest absolute Gasteiger partial charge is 0.634 e. The van der Waals surface area contributed by atoms with Crippen molar-refractivity contribution < 1.29 is 15.1 Å². The van der Waals surface area contributed by atoms with Gasteiger partial charge in [-0.05, 0) is 0 Å². The van der Waals surface area contributed by atoms with Gasteiger partial charge in [-0.15, -0.1) is 0 Å². The van der Waals surface area contributed by atoms with Gasteiger partial charge in [-0.1, -0.05) is 0 Å². The van der Waals surface area contributed by atoms with E-state index in [2.05, 4.69) is 4.84 Å². The van der Waals surface area contributed by atoms with Gasteiger partial charge in [0.2, 0.25) is 0 Å².